The Balaban J connectivity index is 5.61. The Morgan fingerprint density at radius 3 is 1.69 bits per heavy atom. The number of primary amides is 1. The van der Waals surface area contributed by atoms with Crippen LogP contribution in [0.4, 0.5) is 0 Å². The number of amides is 4. The van der Waals surface area contributed by atoms with Gasteiger partial charge in [-0.05, 0) is 11.8 Å². The largest absolute Gasteiger partial charge is 0.481 e. The van der Waals surface area contributed by atoms with Crippen molar-refractivity contribution in [1.82, 2.24) is 16.0 Å². The molecule has 0 spiro atoms. The molecule has 0 aromatic rings. The summed E-state index contributed by atoms with van der Waals surface area (Å²) in [6.45, 7) is 6.62. The second-order valence-electron chi connectivity index (χ2n) is 7.87. The highest BCUT2D eigenvalue weighted by Crippen LogP contribution is 2.09. The number of carboxylic acid groups (broad SMARTS) is 2. The van der Waals surface area contributed by atoms with Crippen LogP contribution in [-0.2, 0) is 28.8 Å². The smallest absolute Gasteiger partial charge is 0.326 e. The van der Waals surface area contributed by atoms with E-state index >= 15 is 0 Å². The SMILES string of the molecule is CCC(C)C(NC(=O)C(CC(=O)O)NC(=O)C(CC(N)=O)NC(=O)C(N)C(C)C)C(=O)O. The Morgan fingerprint density at radius 2 is 1.28 bits per heavy atom. The Labute approximate surface area is 185 Å². The third-order valence-electron chi connectivity index (χ3n) is 4.85. The number of hydrogen-bond acceptors (Lipinski definition) is 7. The van der Waals surface area contributed by atoms with E-state index in [4.69, 9.17) is 16.6 Å². The molecule has 0 bridgehead atoms. The van der Waals surface area contributed by atoms with Crippen molar-refractivity contribution in [1.29, 1.82) is 0 Å². The highest BCUT2D eigenvalue weighted by atomic mass is 16.4. The standard InChI is InChI=1S/C19H33N5O8/c1-5-9(4)15(19(31)32)24-17(29)11(7-13(26)27)22-16(28)10(6-12(20)25)23-18(30)14(21)8(2)3/h8-11,14-15H,5-7,21H2,1-4H3,(H2,20,25)(H,22,28)(H,23,30)(H,24,29)(H,26,27)(H,31,32). The zero-order valence-electron chi connectivity index (χ0n) is 18.6. The predicted octanol–water partition coefficient (Wildman–Crippen LogP) is -2.10. The first-order chi connectivity index (χ1) is 14.7. The summed E-state index contributed by atoms with van der Waals surface area (Å²) in [5, 5.41) is 25.0. The van der Waals surface area contributed by atoms with E-state index in [9.17, 15) is 33.9 Å². The van der Waals surface area contributed by atoms with E-state index < -0.39 is 78.5 Å². The maximum Gasteiger partial charge on any atom is 0.326 e. The average Bonchev–Trinajstić information content (AvgIpc) is 2.68. The highest BCUT2D eigenvalue weighted by molar-refractivity contribution is 5.97. The molecule has 0 rings (SSSR count). The third kappa shape index (κ3) is 9.73. The number of nitrogens with one attached hydrogen (secondary N) is 3. The van der Waals surface area contributed by atoms with Crippen molar-refractivity contribution >= 4 is 35.6 Å². The minimum Gasteiger partial charge on any atom is -0.481 e. The molecule has 0 aliphatic heterocycles. The van der Waals surface area contributed by atoms with Gasteiger partial charge in [-0.1, -0.05) is 34.1 Å². The Morgan fingerprint density at radius 1 is 0.812 bits per heavy atom. The molecule has 4 amide bonds. The number of hydrogen-bond donors (Lipinski definition) is 7. The summed E-state index contributed by atoms with van der Waals surface area (Å²) in [6, 6.07) is -5.50. The molecule has 32 heavy (non-hydrogen) atoms. The van der Waals surface area contributed by atoms with Crippen LogP contribution in [0.1, 0.15) is 47.0 Å². The number of carbonyl (C=O) groups excluding carboxylic acids is 4. The molecular formula is C19H33N5O8. The van der Waals surface area contributed by atoms with E-state index in [-0.39, 0.29) is 5.92 Å². The van der Waals surface area contributed by atoms with Gasteiger partial charge in [-0.25, -0.2) is 4.79 Å². The van der Waals surface area contributed by atoms with Crippen molar-refractivity contribution in [3.05, 3.63) is 0 Å². The van der Waals surface area contributed by atoms with Crippen LogP contribution < -0.4 is 27.4 Å². The fraction of sp³-hybridized carbons (Fsp3) is 0.684. The lowest BCUT2D eigenvalue weighted by Crippen LogP contribution is -2.59. The Bertz CT molecular complexity index is 727. The average molecular weight is 460 g/mol. The van der Waals surface area contributed by atoms with Crippen molar-refractivity contribution in [3.8, 4) is 0 Å². The normalized spacial score (nSPS) is 15.6. The number of rotatable bonds is 14. The minimum atomic E-state index is -1.67. The van der Waals surface area contributed by atoms with Gasteiger partial charge >= 0.3 is 11.9 Å². The Hall–Kier alpha value is -3.22. The zero-order chi connectivity index (χ0) is 25.2. The van der Waals surface area contributed by atoms with Gasteiger partial charge in [0.1, 0.15) is 18.1 Å². The van der Waals surface area contributed by atoms with Crippen LogP contribution in [-0.4, -0.2) is 69.9 Å². The number of aliphatic carboxylic acids is 2. The van der Waals surface area contributed by atoms with Gasteiger partial charge in [0, 0.05) is 0 Å². The first-order valence-electron chi connectivity index (χ1n) is 10.1. The molecule has 0 aromatic heterocycles. The third-order valence-corrected chi connectivity index (χ3v) is 4.85. The molecule has 0 aliphatic rings. The maximum absolute atomic E-state index is 12.6. The van der Waals surface area contributed by atoms with Crippen molar-refractivity contribution in [3.63, 3.8) is 0 Å². The van der Waals surface area contributed by atoms with E-state index in [0.717, 1.165) is 0 Å². The van der Waals surface area contributed by atoms with Crippen molar-refractivity contribution in [2.75, 3.05) is 0 Å². The van der Waals surface area contributed by atoms with Crippen LogP contribution in [0.15, 0.2) is 0 Å². The Kier molecular flexibility index (Phi) is 11.9. The van der Waals surface area contributed by atoms with Gasteiger partial charge < -0.3 is 37.6 Å². The monoisotopic (exact) mass is 459 g/mol. The second-order valence-corrected chi connectivity index (χ2v) is 7.87. The van der Waals surface area contributed by atoms with Gasteiger partial charge in [0.2, 0.25) is 23.6 Å². The molecule has 0 saturated heterocycles. The number of carbonyl (C=O) groups is 6. The molecule has 13 nitrogen and oxygen atoms in total. The lowest BCUT2D eigenvalue weighted by Gasteiger charge is -2.26. The van der Waals surface area contributed by atoms with Crippen LogP contribution in [0.2, 0.25) is 0 Å². The number of carboxylic acids is 2. The molecule has 5 unspecified atom stereocenters. The predicted molar refractivity (Wildman–Crippen MR) is 112 cm³/mol. The van der Waals surface area contributed by atoms with Crippen molar-refractivity contribution in [2.24, 2.45) is 23.3 Å². The summed E-state index contributed by atoms with van der Waals surface area (Å²) in [7, 11) is 0. The summed E-state index contributed by atoms with van der Waals surface area (Å²) < 4.78 is 0. The summed E-state index contributed by atoms with van der Waals surface area (Å²) in [4.78, 5) is 71.4. The van der Waals surface area contributed by atoms with Crippen LogP contribution in [0, 0.1) is 11.8 Å². The molecule has 9 N–H and O–H groups in total. The van der Waals surface area contributed by atoms with Gasteiger partial charge in [0.05, 0.1) is 18.9 Å². The highest BCUT2D eigenvalue weighted by Gasteiger charge is 2.33. The van der Waals surface area contributed by atoms with E-state index in [0.29, 0.717) is 6.42 Å². The fourth-order valence-corrected chi connectivity index (χ4v) is 2.57. The molecule has 0 radical (unpaired) electrons. The minimum absolute atomic E-state index is 0.286. The van der Waals surface area contributed by atoms with E-state index in [1.54, 1.807) is 27.7 Å². The van der Waals surface area contributed by atoms with Crippen LogP contribution in [0.25, 0.3) is 0 Å². The lowest BCUT2D eigenvalue weighted by atomic mass is 9.98. The number of nitrogens with two attached hydrogens (primary N) is 2. The summed E-state index contributed by atoms with van der Waals surface area (Å²) in [5.74, 6) is -7.31. The fourth-order valence-electron chi connectivity index (χ4n) is 2.57. The summed E-state index contributed by atoms with van der Waals surface area (Å²) >= 11 is 0. The van der Waals surface area contributed by atoms with Crippen molar-refractivity contribution in [2.45, 2.75) is 71.1 Å². The topological polar surface area (TPSA) is 231 Å². The van der Waals surface area contributed by atoms with Gasteiger partial charge in [-0.3, -0.25) is 24.0 Å². The van der Waals surface area contributed by atoms with Gasteiger partial charge in [-0.2, -0.15) is 0 Å². The molecule has 0 heterocycles. The quantitative estimate of drug-likeness (QED) is 0.151. The summed E-state index contributed by atoms with van der Waals surface area (Å²) in [6.07, 6.45) is -1.09. The van der Waals surface area contributed by atoms with Crippen LogP contribution in [0.3, 0.4) is 0 Å². The van der Waals surface area contributed by atoms with E-state index in [2.05, 4.69) is 16.0 Å². The molecule has 182 valence electrons. The van der Waals surface area contributed by atoms with E-state index in [1.165, 1.54) is 0 Å². The summed E-state index contributed by atoms with van der Waals surface area (Å²) in [5.41, 5.74) is 10.8. The van der Waals surface area contributed by atoms with Gasteiger partial charge in [0.25, 0.3) is 0 Å². The molecular weight excluding hydrogens is 426 g/mol. The van der Waals surface area contributed by atoms with Crippen molar-refractivity contribution < 1.29 is 39.0 Å². The second kappa shape index (κ2) is 13.2. The molecule has 0 aliphatic carbocycles. The molecule has 0 aromatic carbocycles. The molecule has 0 saturated carbocycles. The van der Waals surface area contributed by atoms with Gasteiger partial charge in [-0.15, -0.1) is 0 Å². The van der Waals surface area contributed by atoms with E-state index in [1.807, 2.05) is 0 Å². The first kappa shape index (κ1) is 28.8. The molecule has 0 fully saturated rings. The zero-order valence-corrected chi connectivity index (χ0v) is 18.6. The molecule has 5 atom stereocenters. The van der Waals surface area contributed by atoms with Gasteiger partial charge in [0.15, 0.2) is 0 Å². The van der Waals surface area contributed by atoms with Crippen LogP contribution in [0.5, 0.6) is 0 Å². The lowest BCUT2D eigenvalue weighted by molar-refractivity contribution is -0.145. The first-order valence-corrected chi connectivity index (χ1v) is 10.1. The maximum atomic E-state index is 12.6. The van der Waals surface area contributed by atoms with Crippen LogP contribution >= 0.6 is 0 Å². The molecule has 13 heteroatoms.